The molecule has 9 heteroatoms. The first kappa shape index (κ1) is 16.6. The van der Waals surface area contributed by atoms with Crippen molar-refractivity contribution in [3.8, 4) is 0 Å². The Bertz CT molecular complexity index is 819. The van der Waals surface area contributed by atoms with Gasteiger partial charge in [0.1, 0.15) is 11.5 Å². The third-order valence-electron chi connectivity index (χ3n) is 4.03. The van der Waals surface area contributed by atoms with Crippen LogP contribution in [0.1, 0.15) is 24.8 Å². The number of hydrogen-bond donors (Lipinski definition) is 1. The number of sulfone groups is 1. The van der Waals surface area contributed by atoms with E-state index < -0.39 is 21.8 Å². The molecule has 1 fully saturated rings. The molecular weight excluding hydrogens is 332 g/mol. The van der Waals surface area contributed by atoms with Gasteiger partial charge < -0.3 is 5.32 Å². The van der Waals surface area contributed by atoms with Gasteiger partial charge in [0.25, 0.3) is 5.91 Å². The van der Waals surface area contributed by atoms with Crippen LogP contribution in [0, 0.1) is 6.92 Å². The van der Waals surface area contributed by atoms with E-state index in [0.29, 0.717) is 12.2 Å². The number of carbonyl (C=O) groups is 2. The molecule has 0 radical (unpaired) electrons. The van der Waals surface area contributed by atoms with Crippen molar-refractivity contribution in [1.82, 2.24) is 9.99 Å². The minimum absolute atomic E-state index is 0.0473. The van der Waals surface area contributed by atoms with Crippen LogP contribution < -0.4 is 5.32 Å². The zero-order chi connectivity index (χ0) is 17.3. The lowest BCUT2D eigenvalue weighted by Crippen LogP contribution is -2.42. The van der Waals surface area contributed by atoms with Gasteiger partial charge in [-0.15, -0.1) is 0 Å². The van der Waals surface area contributed by atoms with Gasteiger partial charge in [0, 0.05) is 19.0 Å². The largest absolute Gasteiger partial charge is 0.305 e. The number of nitrogens with zero attached hydrogens (tertiary/aromatic N) is 3. The number of pyridine rings is 1. The van der Waals surface area contributed by atoms with Crippen molar-refractivity contribution in [3.63, 3.8) is 0 Å². The Hall–Kier alpha value is -2.29. The molecule has 8 nitrogen and oxygen atoms in total. The van der Waals surface area contributed by atoms with Gasteiger partial charge in [0.05, 0.1) is 17.5 Å². The monoisotopic (exact) mass is 350 g/mol. The summed E-state index contributed by atoms with van der Waals surface area (Å²) in [5.74, 6) is -0.314. The smallest absolute Gasteiger partial charge is 0.273 e. The van der Waals surface area contributed by atoms with Gasteiger partial charge in [0.2, 0.25) is 5.91 Å². The Morgan fingerprint density at radius 1 is 1.38 bits per heavy atom. The number of carbonyl (C=O) groups excluding carboxylic acids is 2. The van der Waals surface area contributed by atoms with Gasteiger partial charge in [-0.3, -0.25) is 9.59 Å². The maximum absolute atomic E-state index is 12.3. The zero-order valence-corrected chi connectivity index (χ0v) is 14.0. The average molecular weight is 350 g/mol. The lowest BCUT2D eigenvalue weighted by Gasteiger charge is -2.27. The zero-order valence-electron chi connectivity index (χ0n) is 13.2. The molecule has 0 saturated carbocycles. The number of anilines is 1. The SMILES string of the molecule is Cc1ccnc(NC(=O)C2=NN([C@@H]3CCS(=O)(=O)C3)C(=O)CC2)c1. The van der Waals surface area contributed by atoms with E-state index in [1.165, 1.54) is 5.01 Å². The Balaban J connectivity index is 1.76. The fraction of sp³-hybridized carbons (Fsp3) is 0.467. The Morgan fingerprint density at radius 2 is 2.17 bits per heavy atom. The van der Waals surface area contributed by atoms with E-state index in [1.807, 2.05) is 13.0 Å². The summed E-state index contributed by atoms with van der Waals surface area (Å²) in [5, 5.41) is 7.96. The third kappa shape index (κ3) is 3.61. The first-order valence-corrected chi connectivity index (χ1v) is 9.50. The van der Waals surface area contributed by atoms with Crippen LogP contribution in [0.5, 0.6) is 0 Å². The first-order chi connectivity index (χ1) is 11.3. The number of aryl methyl sites for hydroxylation is 1. The van der Waals surface area contributed by atoms with Crippen molar-refractivity contribution in [2.75, 3.05) is 16.8 Å². The van der Waals surface area contributed by atoms with Gasteiger partial charge in [-0.05, 0) is 31.0 Å². The number of hydrogen-bond acceptors (Lipinski definition) is 6. The van der Waals surface area contributed by atoms with Gasteiger partial charge in [-0.25, -0.2) is 18.4 Å². The minimum Gasteiger partial charge on any atom is -0.305 e. The van der Waals surface area contributed by atoms with E-state index in [0.717, 1.165) is 5.56 Å². The highest BCUT2D eigenvalue weighted by Crippen LogP contribution is 2.22. The van der Waals surface area contributed by atoms with Crippen molar-refractivity contribution in [2.45, 2.75) is 32.2 Å². The maximum atomic E-state index is 12.3. The van der Waals surface area contributed by atoms with Crippen LogP contribution in [0.4, 0.5) is 5.82 Å². The summed E-state index contributed by atoms with van der Waals surface area (Å²) in [6, 6.07) is 3.06. The molecule has 3 heterocycles. The lowest BCUT2D eigenvalue weighted by atomic mass is 10.1. The van der Waals surface area contributed by atoms with Crippen molar-refractivity contribution in [2.24, 2.45) is 5.10 Å². The van der Waals surface area contributed by atoms with Crippen LogP contribution in [0.2, 0.25) is 0 Å². The molecule has 0 unspecified atom stereocenters. The predicted molar refractivity (Wildman–Crippen MR) is 88.2 cm³/mol. The normalized spacial score (nSPS) is 23.0. The van der Waals surface area contributed by atoms with E-state index in [1.54, 1.807) is 12.3 Å². The molecule has 24 heavy (non-hydrogen) atoms. The van der Waals surface area contributed by atoms with Crippen LogP contribution in [-0.4, -0.2) is 53.5 Å². The van der Waals surface area contributed by atoms with E-state index >= 15 is 0 Å². The van der Waals surface area contributed by atoms with E-state index in [2.05, 4.69) is 15.4 Å². The topological polar surface area (TPSA) is 109 Å². The summed E-state index contributed by atoms with van der Waals surface area (Å²) >= 11 is 0. The quantitative estimate of drug-likeness (QED) is 0.853. The summed E-state index contributed by atoms with van der Waals surface area (Å²) in [4.78, 5) is 28.4. The minimum atomic E-state index is -3.13. The summed E-state index contributed by atoms with van der Waals surface area (Å²) in [6.07, 6.45) is 2.31. The second-order valence-corrected chi connectivity index (χ2v) is 8.24. The van der Waals surface area contributed by atoms with Crippen LogP contribution in [0.3, 0.4) is 0 Å². The molecule has 128 valence electrons. The molecule has 0 bridgehead atoms. The summed E-state index contributed by atoms with van der Waals surface area (Å²) in [6.45, 7) is 1.89. The molecule has 0 aliphatic carbocycles. The molecule has 1 saturated heterocycles. The average Bonchev–Trinajstić information content (AvgIpc) is 2.87. The van der Waals surface area contributed by atoms with Crippen LogP contribution in [-0.2, 0) is 19.4 Å². The Labute approximate surface area is 139 Å². The molecular formula is C15H18N4O4S. The van der Waals surface area contributed by atoms with Gasteiger partial charge in [-0.1, -0.05) is 0 Å². The highest BCUT2D eigenvalue weighted by molar-refractivity contribution is 7.91. The second kappa shape index (κ2) is 6.31. The standard InChI is InChI=1S/C15H18N4O4S/c1-10-4-6-16-13(8-10)17-15(21)12-2-3-14(20)19(18-12)11-5-7-24(22,23)9-11/h4,6,8,11H,2-3,5,7,9H2,1H3,(H,16,17,21)/t11-/m1/s1. The molecule has 3 rings (SSSR count). The third-order valence-corrected chi connectivity index (χ3v) is 5.78. The molecule has 0 aromatic carbocycles. The van der Waals surface area contributed by atoms with Crippen molar-refractivity contribution >= 4 is 33.2 Å². The highest BCUT2D eigenvalue weighted by Gasteiger charge is 2.37. The van der Waals surface area contributed by atoms with Crippen molar-refractivity contribution in [3.05, 3.63) is 23.9 Å². The fourth-order valence-electron chi connectivity index (χ4n) is 2.78. The Kier molecular flexibility index (Phi) is 4.35. The van der Waals surface area contributed by atoms with E-state index in [-0.39, 0.29) is 36.0 Å². The molecule has 1 aromatic rings. The highest BCUT2D eigenvalue weighted by atomic mass is 32.2. The van der Waals surface area contributed by atoms with Crippen molar-refractivity contribution in [1.29, 1.82) is 0 Å². The first-order valence-electron chi connectivity index (χ1n) is 7.68. The van der Waals surface area contributed by atoms with Crippen LogP contribution in [0.15, 0.2) is 23.4 Å². The lowest BCUT2D eigenvalue weighted by molar-refractivity contribution is -0.133. The summed E-state index contributed by atoms with van der Waals surface area (Å²) < 4.78 is 23.2. The van der Waals surface area contributed by atoms with Gasteiger partial charge in [0.15, 0.2) is 9.84 Å². The molecule has 1 N–H and O–H groups in total. The number of amides is 2. The van der Waals surface area contributed by atoms with Crippen molar-refractivity contribution < 1.29 is 18.0 Å². The predicted octanol–water partition coefficient (Wildman–Crippen LogP) is 0.494. The number of rotatable bonds is 3. The van der Waals surface area contributed by atoms with E-state index in [9.17, 15) is 18.0 Å². The van der Waals surface area contributed by atoms with Crippen LogP contribution in [0.25, 0.3) is 0 Å². The fourth-order valence-corrected chi connectivity index (χ4v) is 4.47. The Morgan fingerprint density at radius 3 is 2.83 bits per heavy atom. The summed E-state index contributed by atoms with van der Waals surface area (Å²) in [7, 11) is -3.13. The number of hydrazone groups is 1. The maximum Gasteiger partial charge on any atom is 0.273 e. The molecule has 2 aliphatic heterocycles. The number of nitrogens with one attached hydrogen (secondary N) is 1. The van der Waals surface area contributed by atoms with E-state index in [4.69, 9.17) is 0 Å². The van der Waals surface area contributed by atoms with Gasteiger partial charge >= 0.3 is 0 Å². The molecule has 2 aliphatic rings. The molecule has 2 amide bonds. The molecule has 1 atom stereocenters. The molecule has 1 aromatic heterocycles. The number of aromatic nitrogens is 1. The van der Waals surface area contributed by atoms with Crippen LogP contribution >= 0.6 is 0 Å². The summed E-state index contributed by atoms with van der Waals surface area (Å²) in [5.41, 5.74) is 1.17. The van der Waals surface area contributed by atoms with Gasteiger partial charge in [-0.2, -0.15) is 5.10 Å². The second-order valence-electron chi connectivity index (χ2n) is 6.01. The molecule has 0 spiro atoms.